The molecule has 2 aromatic carbocycles. The Hall–Kier alpha value is -3.21. The molecule has 9 heteroatoms. The largest absolute Gasteiger partial charge is 0.493 e. The number of fused-ring (bicyclic) bond motifs is 5. The first-order chi connectivity index (χ1) is 16.9. The van der Waals surface area contributed by atoms with E-state index in [1.807, 2.05) is 31.2 Å². The Bertz CT molecular complexity index is 1240. The van der Waals surface area contributed by atoms with Crippen molar-refractivity contribution in [2.45, 2.75) is 13.3 Å². The molecule has 35 heavy (non-hydrogen) atoms. The Kier molecular flexibility index (Phi) is 6.35. The molecule has 8 nitrogen and oxygen atoms in total. The number of ether oxygens (including phenoxy) is 2. The fourth-order valence-corrected chi connectivity index (χ4v) is 5.90. The molecule has 1 saturated heterocycles. The van der Waals surface area contributed by atoms with E-state index in [4.69, 9.17) is 9.47 Å². The van der Waals surface area contributed by atoms with Gasteiger partial charge in [0.25, 0.3) is 17.7 Å². The molecule has 1 heterocycles. The van der Waals surface area contributed by atoms with Gasteiger partial charge >= 0.3 is 0 Å². The first kappa shape index (κ1) is 23.5. The molecule has 5 rings (SSSR count). The van der Waals surface area contributed by atoms with Crippen molar-refractivity contribution in [1.29, 1.82) is 0 Å². The number of allylic oxidation sites excluding steroid dienone is 2. The Morgan fingerprint density at radius 2 is 1.86 bits per heavy atom. The highest BCUT2D eigenvalue weighted by Crippen LogP contribution is 2.52. The van der Waals surface area contributed by atoms with Gasteiger partial charge in [-0.1, -0.05) is 30.4 Å². The van der Waals surface area contributed by atoms with Crippen molar-refractivity contribution < 1.29 is 23.9 Å². The molecule has 2 aliphatic carbocycles. The number of imide groups is 1. The number of benzene rings is 2. The SMILES string of the molecule is COc1cc(C=NN2C(=O)[C@@H]3[C@H](C2=O)[C@H]2C=C[C@H]3C2)cc(I)c1OCC(=O)Nc1ccccc1C. The molecule has 180 valence electrons. The summed E-state index contributed by atoms with van der Waals surface area (Å²) in [6.07, 6.45) is 6.46. The highest BCUT2D eigenvalue weighted by atomic mass is 127. The maximum Gasteiger partial charge on any atom is 0.262 e. The molecule has 2 bridgehead atoms. The van der Waals surface area contributed by atoms with Gasteiger partial charge in [0, 0.05) is 5.69 Å². The number of nitrogens with zero attached hydrogens (tertiary/aromatic N) is 2. The summed E-state index contributed by atoms with van der Waals surface area (Å²) in [5.41, 5.74) is 2.33. The Morgan fingerprint density at radius 3 is 2.51 bits per heavy atom. The number of carbonyl (C=O) groups excluding carboxylic acids is 3. The van der Waals surface area contributed by atoms with Gasteiger partial charge in [-0.2, -0.15) is 10.1 Å². The van der Waals surface area contributed by atoms with Crippen molar-refractivity contribution in [1.82, 2.24) is 5.01 Å². The first-order valence-electron chi connectivity index (χ1n) is 11.3. The van der Waals surface area contributed by atoms with Gasteiger partial charge in [-0.15, -0.1) is 0 Å². The second-order valence-electron chi connectivity index (χ2n) is 8.92. The molecule has 2 fully saturated rings. The van der Waals surface area contributed by atoms with Gasteiger partial charge in [0.2, 0.25) is 0 Å². The first-order valence-corrected chi connectivity index (χ1v) is 12.4. The van der Waals surface area contributed by atoms with E-state index >= 15 is 0 Å². The number of para-hydroxylation sites is 1. The molecule has 4 atom stereocenters. The lowest BCUT2D eigenvalue weighted by atomic mass is 9.85. The summed E-state index contributed by atoms with van der Waals surface area (Å²) in [5, 5.41) is 8.08. The number of methoxy groups -OCH3 is 1. The van der Waals surface area contributed by atoms with Crippen molar-refractivity contribution in [3.05, 3.63) is 63.2 Å². The Morgan fingerprint density at radius 1 is 1.17 bits per heavy atom. The van der Waals surface area contributed by atoms with Crippen LogP contribution in [0.1, 0.15) is 17.5 Å². The fourth-order valence-electron chi connectivity index (χ4n) is 5.12. The number of aryl methyl sites for hydroxylation is 1. The third kappa shape index (κ3) is 4.33. The molecule has 0 unspecified atom stereocenters. The normalized spacial score (nSPS) is 24.4. The number of halogens is 1. The maximum absolute atomic E-state index is 12.8. The number of rotatable bonds is 7. The summed E-state index contributed by atoms with van der Waals surface area (Å²) in [5.74, 6) is -0.191. The quantitative estimate of drug-likeness (QED) is 0.231. The van der Waals surface area contributed by atoms with E-state index in [0.29, 0.717) is 20.6 Å². The molecule has 1 saturated carbocycles. The minimum absolute atomic E-state index is 0.141. The number of hydrazone groups is 1. The van der Waals surface area contributed by atoms with Crippen LogP contribution >= 0.6 is 22.6 Å². The van der Waals surface area contributed by atoms with E-state index in [9.17, 15) is 14.4 Å². The van der Waals surface area contributed by atoms with Gasteiger partial charge in [-0.05, 0) is 77.1 Å². The third-order valence-electron chi connectivity index (χ3n) is 6.79. The van der Waals surface area contributed by atoms with E-state index < -0.39 is 0 Å². The lowest BCUT2D eigenvalue weighted by Crippen LogP contribution is -2.28. The number of hydrogen-bond donors (Lipinski definition) is 1. The zero-order valence-electron chi connectivity index (χ0n) is 19.2. The molecule has 1 aliphatic heterocycles. The van der Waals surface area contributed by atoms with Crippen LogP contribution in [0.4, 0.5) is 5.69 Å². The van der Waals surface area contributed by atoms with Crippen LogP contribution in [0.15, 0.2) is 53.7 Å². The van der Waals surface area contributed by atoms with Crippen LogP contribution in [0.5, 0.6) is 11.5 Å². The number of amides is 3. The molecule has 3 amide bonds. The van der Waals surface area contributed by atoms with Gasteiger partial charge in [0.1, 0.15) is 0 Å². The molecular formula is C26H24IN3O5. The van der Waals surface area contributed by atoms with E-state index in [0.717, 1.165) is 22.7 Å². The van der Waals surface area contributed by atoms with Crippen molar-refractivity contribution in [3.8, 4) is 11.5 Å². The summed E-state index contributed by atoms with van der Waals surface area (Å²) in [7, 11) is 1.50. The summed E-state index contributed by atoms with van der Waals surface area (Å²) in [6, 6.07) is 11.0. The molecule has 3 aliphatic rings. The maximum atomic E-state index is 12.8. The minimum Gasteiger partial charge on any atom is -0.493 e. The Balaban J connectivity index is 1.27. The van der Waals surface area contributed by atoms with Gasteiger partial charge in [0.05, 0.1) is 28.7 Å². The van der Waals surface area contributed by atoms with E-state index in [1.165, 1.54) is 13.3 Å². The van der Waals surface area contributed by atoms with Crippen molar-refractivity contribution in [2.24, 2.45) is 28.8 Å². The molecule has 0 aromatic heterocycles. The zero-order valence-corrected chi connectivity index (χ0v) is 21.4. The predicted molar refractivity (Wildman–Crippen MR) is 138 cm³/mol. The number of nitrogens with one attached hydrogen (secondary N) is 1. The van der Waals surface area contributed by atoms with Crippen molar-refractivity contribution in [3.63, 3.8) is 0 Å². The second kappa shape index (κ2) is 9.44. The molecule has 2 aromatic rings. The van der Waals surface area contributed by atoms with E-state index in [-0.39, 0.29) is 48.0 Å². The highest BCUT2D eigenvalue weighted by molar-refractivity contribution is 14.1. The average Bonchev–Trinajstić information content (AvgIpc) is 3.52. The topological polar surface area (TPSA) is 97.3 Å². The van der Waals surface area contributed by atoms with Gasteiger partial charge in [-0.25, -0.2) is 0 Å². The lowest BCUT2D eigenvalue weighted by molar-refractivity contribution is -0.140. The number of anilines is 1. The summed E-state index contributed by atoms with van der Waals surface area (Å²) in [6.45, 7) is 1.73. The summed E-state index contributed by atoms with van der Waals surface area (Å²) >= 11 is 2.09. The van der Waals surface area contributed by atoms with Gasteiger partial charge in [0.15, 0.2) is 18.1 Å². The lowest BCUT2D eigenvalue weighted by Gasteiger charge is -2.14. The van der Waals surface area contributed by atoms with Gasteiger partial charge < -0.3 is 14.8 Å². The van der Waals surface area contributed by atoms with Crippen molar-refractivity contribution in [2.75, 3.05) is 19.0 Å². The van der Waals surface area contributed by atoms with Crippen LogP contribution in [0.3, 0.4) is 0 Å². The molecule has 0 radical (unpaired) electrons. The van der Waals surface area contributed by atoms with Crippen LogP contribution < -0.4 is 14.8 Å². The third-order valence-corrected chi connectivity index (χ3v) is 7.59. The van der Waals surface area contributed by atoms with Crippen LogP contribution in [0.2, 0.25) is 0 Å². The summed E-state index contributed by atoms with van der Waals surface area (Å²) in [4.78, 5) is 38.0. The second-order valence-corrected chi connectivity index (χ2v) is 10.1. The predicted octanol–water partition coefficient (Wildman–Crippen LogP) is 3.77. The molecule has 1 N–H and O–H groups in total. The molecular weight excluding hydrogens is 561 g/mol. The zero-order chi connectivity index (χ0) is 24.7. The van der Waals surface area contributed by atoms with Crippen LogP contribution in [0, 0.1) is 34.2 Å². The fraction of sp³-hybridized carbons (Fsp3) is 0.308. The summed E-state index contributed by atoms with van der Waals surface area (Å²) < 4.78 is 11.9. The highest BCUT2D eigenvalue weighted by Gasteiger charge is 2.59. The van der Waals surface area contributed by atoms with Crippen LogP contribution in [-0.4, -0.2) is 42.7 Å². The average molecular weight is 585 g/mol. The van der Waals surface area contributed by atoms with Crippen molar-refractivity contribution >= 4 is 52.2 Å². The van der Waals surface area contributed by atoms with E-state index in [2.05, 4.69) is 45.2 Å². The smallest absolute Gasteiger partial charge is 0.262 e. The standard InChI is InChI=1S/C26H24IN3O5/c1-14-5-3-4-6-19(14)29-21(31)13-35-24-18(27)9-15(10-20(24)34-2)12-28-30-25(32)22-16-7-8-17(11-16)23(22)26(30)33/h3-10,12,16-17,22-23H,11,13H2,1-2H3,(H,29,31)/t16-,17-,22-,23+/m0/s1. The Labute approximate surface area is 216 Å². The van der Waals surface area contributed by atoms with Crippen LogP contribution in [-0.2, 0) is 14.4 Å². The van der Waals surface area contributed by atoms with Gasteiger partial charge in [-0.3, -0.25) is 14.4 Å². The number of hydrogen-bond acceptors (Lipinski definition) is 6. The van der Waals surface area contributed by atoms with Crippen LogP contribution in [0.25, 0.3) is 0 Å². The monoisotopic (exact) mass is 585 g/mol. The number of carbonyl (C=O) groups is 3. The van der Waals surface area contributed by atoms with E-state index in [1.54, 1.807) is 12.1 Å². The molecule has 0 spiro atoms. The minimum atomic E-state index is -0.289.